The fraction of sp³-hybridized carbons (Fsp3) is 0. The Morgan fingerprint density at radius 2 is 1.89 bits per heavy atom. The van der Waals surface area contributed by atoms with Gasteiger partial charge in [-0.3, -0.25) is 5.41 Å². The lowest BCUT2D eigenvalue weighted by atomic mass is 10.2. The minimum Gasteiger partial charge on any atom is -0.384 e. The van der Waals surface area contributed by atoms with Crippen LogP contribution in [0.2, 0.25) is 10.0 Å². The number of nitrogens with one attached hydrogen (secondary N) is 1. The molecule has 0 unspecified atom stereocenters. The summed E-state index contributed by atoms with van der Waals surface area (Å²) >= 11 is 13.1. The van der Waals surface area contributed by atoms with Gasteiger partial charge in [0.1, 0.15) is 10.9 Å². The maximum Gasteiger partial charge on any atom is 0.123 e. The molecule has 3 N–H and O–H groups in total. The molecule has 0 bridgehead atoms. The third-order valence-corrected chi connectivity index (χ3v) is 3.62. The summed E-state index contributed by atoms with van der Waals surface area (Å²) in [5.41, 5.74) is 6.17. The van der Waals surface area contributed by atoms with Gasteiger partial charge >= 0.3 is 0 Å². The number of amidine groups is 1. The summed E-state index contributed by atoms with van der Waals surface area (Å²) in [5.74, 6) is 0.00290. The molecule has 0 spiro atoms. The van der Waals surface area contributed by atoms with Crippen molar-refractivity contribution in [3.8, 4) is 0 Å². The highest BCUT2D eigenvalue weighted by Crippen LogP contribution is 2.31. The van der Waals surface area contributed by atoms with Gasteiger partial charge in [-0.05, 0) is 30.3 Å². The van der Waals surface area contributed by atoms with Crippen molar-refractivity contribution in [3.05, 3.63) is 52.1 Å². The Morgan fingerprint density at radius 1 is 1.17 bits per heavy atom. The molecule has 1 aromatic carbocycles. The van der Waals surface area contributed by atoms with Crippen molar-refractivity contribution in [1.82, 2.24) is 4.98 Å². The Hall–Kier alpha value is -1.23. The molecule has 1 aromatic heterocycles. The number of nitrogens with two attached hydrogens (primary N) is 1. The standard InChI is InChI=1S/C12H9Cl2N3S/c13-7-1-3-9(12(15)16)10(5-7)18-11-4-2-8(14)6-17-11/h1-6H,(H3,15,16). The van der Waals surface area contributed by atoms with Crippen molar-refractivity contribution >= 4 is 40.8 Å². The van der Waals surface area contributed by atoms with Crippen molar-refractivity contribution in [2.24, 2.45) is 5.73 Å². The Morgan fingerprint density at radius 3 is 2.50 bits per heavy atom. The van der Waals surface area contributed by atoms with Crippen LogP contribution in [0.15, 0.2) is 46.5 Å². The minimum absolute atomic E-state index is 0.00290. The number of rotatable bonds is 3. The van der Waals surface area contributed by atoms with Gasteiger partial charge in [0.25, 0.3) is 0 Å². The highest BCUT2D eigenvalue weighted by Gasteiger charge is 2.08. The summed E-state index contributed by atoms with van der Waals surface area (Å²) in [6, 6.07) is 8.76. The van der Waals surface area contributed by atoms with Gasteiger partial charge < -0.3 is 5.73 Å². The fourth-order valence-electron chi connectivity index (χ4n) is 1.34. The van der Waals surface area contributed by atoms with Gasteiger partial charge in [0.2, 0.25) is 0 Å². The highest BCUT2D eigenvalue weighted by atomic mass is 35.5. The zero-order valence-corrected chi connectivity index (χ0v) is 11.5. The van der Waals surface area contributed by atoms with E-state index in [0.29, 0.717) is 15.6 Å². The minimum atomic E-state index is 0.00290. The summed E-state index contributed by atoms with van der Waals surface area (Å²) in [6.07, 6.45) is 1.57. The molecule has 2 rings (SSSR count). The number of aromatic nitrogens is 1. The van der Waals surface area contributed by atoms with E-state index in [9.17, 15) is 0 Å². The Bertz CT molecular complexity index is 584. The van der Waals surface area contributed by atoms with Crippen LogP contribution in [0.5, 0.6) is 0 Å². The van der Waals surface area contributed by atoms with Gasteiger partial charge in [0.15, 0.2) is 0 Å². The van der Waals surface area contributed by atoms with Crippen LogP contribution in [0.4, 0.5) is 0 Å². The van der Waals surface area contributed by atoms with E-state index in [4.69, 9.17) is 34.3 Å². The smallest absolute Gasteiger partial charge is 0.123 e. The lowest BCUT2D eigenvalue weighted by Gasteiger charge is -2.07. The molecular weight excluding hydrogens is 289 g/mol. The van der Waals surface area contributed by atoms with E-state index in [0.717, 1.165) is 9.92 Å². The average Bonchev–Trinajstić information content (AvgIpc) is 2.32. The van der Waals surface area contributed by atoms with E-state index >= 15 is 0 Å². The molecule has 0 saturated carbocycles. The van der Waals surface area contributed by atoms with Crippen molar-refractivity contribution in [2.75, 3.05) is 0 Å². The van der Waals surface area contributed by atoms with E-state index in [1.165, 1.54) is 11.8 Å². The van der Waals surface area contributed by atoms with Crippen LogP contribution >= 0.6 is 35.0 Å². The molecule has 3 nitrogen and oxygen atoms in total. The molecule has 0 amide bonds. The zero-order chi connectivity index (χ0) is 13.1. The first-order chi connectivity index (χ1) is 8.56. The van der Waals surface area contributed by atoms with Gasteiger partial charge in [-0.15, -0.1) is 0 Å². The first-order valence-electron chi connectivity index (χ1n) is 4.99. The van der Waals surface area contributed by atoms with Crippen LogP contribution in [0.25, 0.3) is 0 Å². The molecule has 1 heterocycles. The van der Waals surface area contributed by atoms with Gasteiger partial charge in [-0.25, -0.2) is 4.98 Å². The van der Waals surface area contributed by atoms with E-state index in [1.807, 2.05) is 0 Å². The van der Waals surface area contributed by atoms with Crippen molar-refractivity contribution in [3.63, 3.8) is 0 Å². The van der Waals surface area contributed by atoms with Crippen molar-refractivity contribution in [1.29, 1.82) is 5.41 Å². The Balaban J connectivity index is 2.35. The van der Waals surface area contributed by atoms with E-state index in [2.05, 4.69) is 4.98 Å². The van der Waals surface area contributed by atoms with Crippen LogP contribution in [0, 0.1) is 5.41 Å². The third kappa shape index (κ3) is 3.16. The third-order valence-electron chi connectivity index (χ3n) is 2.15. The molecular formula is C12H9Cl2N3S. The molecule has 18 heavy (non-hydrogen) atoms. The molecule has 92 valence electrons. The number of pyridine rings is 1. The second-order valence-electron chi connectivity index (χ2n) is 3.47. The number of halogens is 2. The normalized spacial score (nSPS) is 10.3. The van der Waals surface area contributed by atoms with Crippen molar-refractivity contribution in [2.45, 2.75) is 9.92 Å². The monoisotopic (exact) mass is 297 g/mol. The van der Waals surface area contributed by atoms with Gasteiger partial charge in [-0.2, -0.15) is 0 Å². The molecule has 0 aliphatic carbocycles. The second-order valence-corrected chi connectivity index (χ2v) is 5.41. The quantitative estimate of drug-likeness (QED) is 0.668. The largest absolute Gasteiger partial charge is 0.384 e. The summed E-state index contributed by atoms with van der Waals surface area (Å²) in [5, 5.41) is 9.47. The number of nitrogen functional groups attached to an aromatic ring is 1. The summed E-state index contributed by atoms with van der Waals surface area (Å²) in [4.78, 5) is 4.98. The van der Waals surface area contributed by atoms with Gasteiger partial charge in [0.05, 0.1) is 5.02 Å². The molecule has 0 aliphatic rings. The molecule has 0 fully saturated rings. The molecule has 0 radical (unpaired) electrons. The summed E-state index contributed by atoms with van der Waals surface area (Å²) in [6.45, 7) is 0. The second kappa shape index (κ2) is 5.61. The molecule has 0 atom stereocenters. The molecule has 0 saturated heterocycles. The summed E-state index contributed by atoms with van der Waals surface area (Å²) < 4.78 is 0. The van der Waals surface area contributed by atoms with Crippen LogP contribution in [-0.2, 0) is 0 Å². The Kier molecular flexibility index (Phi) is 4.11. The van der Waals surface area contributed by atoms with E-state index < -0.39 is 0 Å². The first kappa shape index (κ1) is 13.2. The average molecular weight is 298 g/mol. The Labute approximate surface area is 119 Å². The van der Waals surface area contributed by atoms with E-state index in [-0.39, 0.29) is 5.84 Å². The molecule has 2 aromatic rings. The van der Waals surface area contributed by atoms with Gasteiger partial charge in [0, 0.05) is 21.7 Å². The predicted molar refractivity (Wildman–Crippen MR) is 75.8 cm³/mol. The topological polar surface area (TPSA) is 62.8 Å². The lowest BCUT2D eigenvalue weighted by molar-refractivity contribution is 1.13. The van der Waals surface area contributed by atoms with Crippen LogP contribution in [-0.4, -0.2) is 10.8 Å². The number of hydrogen-bond acceptors (Lipinski definition) is 3. The number of nitrogens with zero attached hydrogens (tertiary/aromatic N) is 1. The predicted octanol–water partition coefficient (Wildman–Crippen LogP) is 3.82. The maximum absolute atomic E-state index is 7.53. The fourth-order valence-corrected chi connectivity index (χ4v) is 2.63. The van der Waals surface area contributed by atoms with Crippen LogP contribution in [0.3, 0.4) is 0 Å². The molecule has 6 heteroatoms. The van der Waals surface area contributed by atoms with E-state index in [1.54, 1.807) is 36.5 Å². The maximum atomic E-state index is 7.53. The van der Waals surface area contributed by atoms with Crippen LogP contribution in [0.1, 0.15) is 5.56 Å². The van der Waals surface area contributed by atoms with Crippen molar-refractivity contribution < 1.29 is 0 Å². The SMILES string of the molecule is N=C(N)c1ccc(Cl)cc1Sc1ccc(Cl)cn1. The first-order valence-corrected chi connectivity index (χ1v) is 6.57. The van der Waals surface area contributed by atoms with Gasteiger partial charge in [-0.1, -0.05) is 35.0 Å². The van der Waals surface area contributed by atoms with Crippen LogP contribution < -0.4 is 5.73 Å². The zero-order valence-electron chi connectivity index (χ0n) is 9.15. The molecule has 0 aliphatic heterocycles. The number of benzene rings is 1. The highest BCUT2D eigenvalue weighted by molar-refractivity contribution is 7.99. The lowest BCUT2D eigenvalue weighted by Crippen LogP contribution is -2.12. The summed E-state index contributed by atoms with van der Waals surface area (Å²) in [7, 11) is 0. The number of hydrogen-bond donors (Lipinski definition) is 2.